The molecule has 0 N–H and O–H groups in total. The maximum absolute atomic E-state index is 5.73. The van der Waals surface area contributed by atoms with Gasteiger partial charge in [0.2, 0.25) is 0 Å². The molecule has 30 heavy (non-hydrogen) atoms. The van der Waals surface area contributed by atoms with Gasteiger partial charge in [0.25, 0.3) is 0 Å². The summed E-state index contributed by atoms with van der Waals surface area (Å²) in [6, 6.07) is 40.9. The van der Waals surface area contributed by atoms with Crippen LogP contribution in [0, 0.1) is 0 Å². The van der Waals surface area contributed by atoms with E-state index in [0.717, 1.165) is 5.75 Å². The Labute approximate surface area is 201 Å². The van der Waals surface area contributed by atoms with E-state index < -0.39 is 6.15 Å². The minimum absolute atomic E-state index is 0. The van der Waals surface area contributed by atoms with Gasteiger partial charge in [-0.2, -0.15) is 21.9 Å². The van der Waals surface area contributed by atoms with Crippen molar-refractivity contribution in [3.05, 3.63) is 128 Å². The van der Waals surface area contributed by atoms with Gasteiger partial charge in [-0.25, -0.2) is 0 Å². The zero-order valence-corrected chi connectivity index (χ0v) is 19.4. The minimum atomic E-state index is -1.32. The first-order valence-corrected chi connectivity index (χ1v) is 10.0. The van der Waals surface area contributed by atoms with Crippen LogP contribution in [0.1, 0.15) is 0 Å². The molecule has 0 aliphatic heterocycles. The van der Waals surface area contributed by atoms with Crippen molar-refractivity contribution in [2.24, 2.45) is 0 Å². The van der Waals surface area contributed by atoms with Crippen LogP contribution in [0.5, 0.6) is 5.75 Å². The topological polar surface area (TPSA) is 9.23 Å². The van der Waals surface area contributed by atoms with Crippen LogP contribution in [-0.4, -0.2) is 12.8 Å². The summed E-state index contributed by atoms with van der Waals surface area (Å²) in [5.41, 5.74) is 5.15. The van der Waals surface area contributed by atoms with Crippen molar-refractivity contribution >= 4 is 28.0 Å². The average Bonchev–Trinajstić information content (AvgIpc) is 2.81. The summed E-state index contributed by atoms with van der Waals surface area (Å²) >= 11 is 0. The molecule has 142 valence electrons. The third-order valence-electron chi connectivity index (χ3n) is 5.65. The molecule has 0 spiro atoms. The Morgan fingerprint density at radius 3 is 1.30 bits per heavy atom. The molecule has 0 amide bonds. The van der Waals surface area contributed by atoms with Crippen LogP contribution in [-0.2, 0) is 0 Å². The first kappa shape index (κ1) is 22.2. The SMILES string of the molecule is C=CCOc1ccc([B-](c2ccccc2)(c2ccccc2)c2ccccc2)cc1.[Na+]. The second-order valence-electron chi connectivity index (χ2n) is 7.27. The summed E-state index contributed by atoms with van der Waals surface area (Å²) in [7, 11) is 0. The molecule has 4 aromatic rings. The second-order valence-corrected chi connectivity index (χ2v) is 7.27. The molecule has 0 saturated carbocycles. The van der Waals surface area contributed by atoms with Gasteiger partial charge in [-0.1, -0.05) is 116 Å². The van der Waals surface area contributed by atoms with E-state index in [1.807, 2.05) is 0 Å². The van der Waals surface area contributed by atoms with Crippen LogP contribution < -0.4 is 56.1 Å². The van der Waals surface area contributed by atoms with Crippen LogP contribution in [0.15, 0.2) is 128 Å². The molecule has 0 bridgehead atoms. The molecular weight excluding hydrogens is 374 g/mol. The summed E-state index contributed by atoms with van der Waals surface area (Å²) < 4.78 is 5.73. The summed E-state index contributed by atoms with van der Waals surface area (Å²) in [4.78, 5) is 0. The van der Waals surface area contributed by atoms with Crippen LogP contribution in [0.3, 0.4) is 0 Å². The van der Waals surface area contributed by atoms with E-state index in [4.69, 9.17) is 4.74 Å². The number of rotatable bonds is 7. The van der Waals surface area contributed by atoms with Gasteiger partial charge in [0.1, 0.15) is 18.5 Å². The van der Waals surface area contributed by atoms with Crippen LogP contribution in [0.25, 0.3) is 0 Å². The minimum Gasteiger partial charge on any atom is -0.490 e. The van der Waals surface area contributed by atoms with Crippen LogP contribution in [0.2, 0.25) is 0 Å². The van der Waals surface area contributed by atoms with E-state index in [1.165, 1.54) is 21.9 Å². The van der Waals surface area contributed by atoms with Gasteiger partial charge < -0.3 is 4.74 Å². The molecular formula is C27H24BNaO. The Balaban J connectivity index is 0.00000256. The van der Waals surface area contributed by atoms with Crippen LogP contribution in [0.4, 0.5) is 0 Å². The molecule has 0 aliphatic rings. The second kappa shape index (κ2) is 10.5. The van der Waals surface area contributed by atoms with Gasteiger partial charge in [-0.05, 0) is 12.1 Å². The molecule has 3 heteroatoms. The van der Waals surface area contributed by atoms with E-state index in [0.29, 0.717) is 6.61 Å². The molecule has 0 heterocycles. The standard InChI is InChI=1S/C27H24BO.Na/c1-2-22-29-27-20-18-26(19-21-27)28(23-12-6-3-7-13-23,24-14-8-4-9-15-24)25-16-10-5-11-17-25;/h2-21H,1,22H2;/q-1;+1. The fraction of sp³-hybridized carbons (Fsp3) is 0.0370. The Morgan fingerprint density at radius 1 is 0.567 bits per heavy atom. The number of hydrogen-bond donors (Lipinski definition) is 0. The molecule has 1 nitrogen and oxygen atoms in total. The average molecular weight is 398 g/mol. The maximum atomic E-state index is 5.73. The Kier molecular flexibility index (Phi) is 7.76. The molecule has 0 radical (unpaired) electrons. The molecule has 4 aromatic carbocycles. The van der Waals surface area contributed by atoms with Crippen LogP contribution >= 0.6 is 0 Å². The normalized spacial score (nSPS) is 10.7. The van der Waals surface area contributed by atoms with Gasteiger partial charge in [0.15, 0.2) is 0 Å². The first-order chi connectivity index (χ1) is 14.4. The van der Waals surface area contributed by atoms with Crippen molar-refractivity contribution in [2.75, 3.05) is 6.61 Å². The summed E-state index contributed by atoms with van der Waals surface area (Å²) in [5.74, 6) is 0.854. The van der Waals surface area contributed by atoms with E-state index in [1.54, 1.807) is 6.08 Å². The predicted molar refractivity (Wildman–Crippen MR) is 126 cm³/mol. The maximum Gasteiger partial charge on any atom is 1.00 e. The van der Waals surface area contributed by atoms with Crippen molar-refractivity contribution in [2.45, 2.75) is 0 Å². The molecule has 0 aromatic heterocycles. The Bertz CT molecular complexity index is 952. The van der Waals surface area contributed by atoms with Crippen molar-refractivity contribution in [3.8, 4) is 5.75 Å². The molecule has 4 rings (SSSR count). The van der Waals surface area contributed by atoms with Gasteiger partial charge >= 0.3 is 29.6 Å². The quantitative estimate of drug-likeness (QED) is 0.328. The summed E-state index contributed by atoms with van der Waals surface area (Å²) in [6.07, 6.45) is 0.442. The molecule has 0 aliphatic carbocycles. The summed E-state index contributed by atoms with van der Waals surface area (Å²) in [6.45, 7) is 4.24. The van der Waals surface area contributed by atoms with E-state index >= 15 is 0 Å². The number of hydrogen-bond acceptors (Lipinski definition) is 1. The fourth-order valence-corrected chi connectivity index (χ4v) is 4.39. The van der Waals surface area contributed by atoms with Gasteiger partial charge in [0, 0.05) is 0 Å². The molecule has 0 saturated heterocycles. The van der Waals surface area contributed by atoms with Gasteiger partial charge in [-0.15, -0.1) is 0 Å². The molecule has 0 fully saturated rings. The van der Waals surface area contributed by atoms with Crippen molar-refractivity contribution in [1.82, 2.24) is 0 Å². The third-order valence-corrected chi connectivity index (χ3v) is 5.65. The Hall–Kier alpha value is -2.52. The smallest absolute Gasteiger partial charge is 0.490 e. The van der Waals surface area contributed by atoms with Crippen molar-refractivity contribution in [3.63, 3.8) is 0 Å². The third kappa shape index (κ3) is 4.32. The summed E-state index contributed by atoms with van der Waals surface area (Å²) in [5, 5.41) is 0. The predicted octanol–water partition coefficient (Wildman–Crippen LogP) is 0.633. The van der Waals surface area contributed by atoms with Gasteiger partial charge in [0.05, 0.1) is 0 Å². The van der Waals surface area contributed by atoms with E-state index in [2.05, 4.69) is 122 Å². The molecule has 0 atom stereocenters. The first-order valence-electron chi connectivity index (χ1n) is 10.0. The van der Waals surface area contributed by atoms with Crippen molar-refractivity contribution < 1.29 is 34.3 Å². The number of ether oxygens (including phenoxy) is 1. The van der Waals surface area contributed by atoms with E-state index in [-0.39, 0.29) is 29.6 Å². The zero-order valence-electron chi connectivity index (χ0n) is 17.4. The zero-order chi connectivity index (χ0) is 19.9. The largest absolute Gasteiger partial charge is 1.00 e. The van der Waals surface area contributed by atoms with Gasteiger partial charge in [-0.3, -0.25) is 0 Å². The van der Waals surface area contributed by atoms with Crippen molar-refractivity contribution in [1.29, 1.82) is 0 Å². The fourth-order valence-electron chi connectivity index (χ4n) is 4.39. The molecule has 0 unspecified atom stereocenters. The van der Waals surface area contributed by atoms with E-state index in [9.17, 15) is 0 Å². The monoisotopic (exact) mass is 398 g/mol. The number of benzene rings is 4. The Morgan fingerprint density at radius 2 is 0.933 bits per heavy atom.